The van der Waals surface area contributed by atoms with Crippen molar-refractivity contribution in [2.45, 2.75) is 52.6 Å². The Morgan fingerprint density at radius 1 is 0.641 bits per heavy atom. The third-order valence-corrected chi connectivity index (χ3v) is 3.98. The van der Waals surface area contributed by atoms with Crippen LogP contribution in [-0.4, -0.2) is 24.1 Å². The first-order valence-corrected chi connectivity index (χ1v) is 14.9. The van der Waals surface area contributed by atoms with Gasteiger partial charge in [-0.15, -0.1) is 4.98 Å². The second-order valence-electron chi connectivity index (χ2n) is 7.96. The van der Waals surface area contributed by atoms with E-state index in [2.05, 4.69) is 37.9 Å². The zero-order valence-corrected chi connectivity index (χ0v) is 22.0. The van der Waals surface area contributed by atoms with Crippen LogP contribution in [0, 0.1) is 0 Å². The number of imidazole rings is 2. The summed E-state index contributed by atoms with van der Waals surface area (Å²) in [5.74, 6) is 0.665. The van der Waals surface area contributed by atoms with Crippen molar-refractivity contribution in [1.29, 1.82) is 0 Å². The summed E-state index contributed by atoms with van der Waals surface area (Å²) in [6.45, 7) is 6.17. The summed E-state index contributed by atoms with van der Waals surface area (Å²) >= 11 is 0. The van der Waals surface area contributed by atoms with E-state index in [1.807, 2.05) is 37.4 Å². The summed E-state index contributed by atoms with van der Waals surface area (Å²) in [5, 5.41) is 11.9. The van der Waals surface area contributed by atoms with E-state index in [9.17, 15) is 55.5 Å². The van der Waals surface area contributed by atoms with E-state index in [1.165, 1.54) is 0 Å². The van der Waals surface area contributed by atoms with E-state index in [0.29, 0.717) is 11.9 Å². The molecule has 0 N–H and O–H groups in total. The van der Waals surface area contributed by atoms with Gasteiger partial charge in [-0.05, 0) is 12.8 Å². The topological polar surface area (TPSA) is 79.3 Å². The molecule has 3 aromatic heterocycles. The van der Waals surface area contributed by atoms with E-state index in [1.54, 1.807) is 9.13 Å². The number of hydrogen-bond donors (Lipinski definition) is 0. The van der Waals surface area contributed by atoms with Crippen LogP contribution in [0.4, 0.5) is 50.4 Å². The van der Waals surface area contributed by atoms with Crippen molar-refractivity contribution in [3.63, 3.8) is 0 Å². The summed E-state index contributed by atoms with van der Waals surface area (Å²) in [6.07, 6.45) is 15.9. The molecule has 3 rings (SSSR count). The zero-order chi connectivity index (χ0) is 30.5. The van der Waals surface area contributed by atoms with Crippen molar-refractivity contribution in [2.24, 2.45) is 0 Å². The van der Waals surface area contributed by atoms with Gasteiger partial charge in [-0.3, -0.25) is 0 Å². The Balaban J connectivity index is 0.000000449. The second-order valence-corrected chi connectivity index (χ2v) is 11.8. The van der Waals surface area contributed by atoms with Crippen LogP contribution < -0.4 is 14.2 Å². The quantitative estimate of drug-likeness (QED) is 0.147. The molecule has 0 amide bonds. The van der Waals surface area contributed by atoms with Crippen molar-refractivity contribution >= 4 is 15.6 Å². The van der Waals surface area contributed by atoms with E-state index in [-0.39, 0.29) is 0 Å². The molecule has 0 saturated heterocycles. The molecule has 22 heteroatoms. The third-order valence-electron chi connectivity index (χ3n) is 3.98. The Hall–Kier alpha value is -2.75. The van der Waals surface area contributed by atoms with Gasteiger partial charge in [-0.1, -0.05) is 26.7 Å². The minimum atomic E-state index is -10.7. The van der Waals surface area contributed by atoms with Crippen molar-refractivity contribution in [1.82, 2.24) is 24.1 Å². The SMILES string of the molecule is CCCC[n+]1ccn(-c2nc([O-])nc(-n3cc[n+](CCCC)c3)n2)c1.F[P-](F)(F)(F)(F)F.F[P-](F)(F)(F)(F)F. The van der Waals surface area contributed by atoms with Gasteiger partial charge >= 0.3 is 77.9 Å². The first-order chi connectivity index (χ1) is 17.1. The predicted octanol–water partition coefficient (Wildman–Crippen LogP) is 7.47. The standard InChI is InChI=1S/C17H24N7O.2F6P/c1-3-5-7-21-9-11-23(13-21)15-18-16(20-17(25)19-15)24-12-10-22(14-24)8-6-4-2;2*1-7(2,3,4,5)6/h9-14H,3-8H2,1-2H3;;/q+1;2*-1. The monoisotopic (exact) mass is 632 g/mol. The number of unbranched alkanes of at least 4 members (excludes halogenated alkanes) is 2. The minimum absolute atomic E-state index is 0.332. The van der Waals surface area contributed by atoms with E-state index < -0.39 is 21.6 Å². The molecule has 0 bridgehead atoms. The van der Waals surface area contributed by atoms with Crippen LogP contribution in [0.3, 0.4) is 0 Å². The molecule has 0 saturated carbocycles. The summed E-state index contributed by atoms with van der Waals surface area (Å²) < 4.78 is 126. The molecule has 0 radical (unpaired) electrons. The molecule has 3 aromatic rings. The molecule has 0 spiro atoms. The van der Waals surface area contributed by atoms with Gasteiger partial charge in [0.15, 0.2) is 0 Å². The van der Waals surface area contributed by atoms with Gasteiger partial charge < -0.3 is 5.11 Å². The average molecular weight is 632 g/mol. The number of hydrogen-bond acceptors (Lipinski definition) is 4. The summed E-state index contributed by atoms with van der Waals surface area (Å²) in [6, 6.07) is -0.539. The predicted molar refractivity (Wildman–Crippen MR) is 115 cm³/mol. The number of aryl methyl sites for hydroxylation is 2. The Morgan fingerprint density at radius 3 is 1.23 bits per heavy atom. The third kappa shape index (κ3) is 20.8. The number of nitrogens with zero attached hydrogens (tertiary/aromatic N) is 7. The normalized spacial score (nSPS) is 15.4. The summed E-state index contributed by atoms with van der Waals surface area (Å²) in [5.41, 5.74) is 0. The molecule has 0 aliphatic carbocycles. The average Bonchev–Trinajstić information content (AvgIpc) is 3.35. The fourth-order valence-corrected chi connectivity index (χ4v) is 2.54. The van der Waals surface area contributed by atoms with Gasteiger partial charge in [0.05, 0.1) is 19.1 Å². The fourth-order valence-electron chi connectivity index (χ4n) is 2.54. The summed E-state index contributed by atoms with van der Waals surface area (Å²) in [7, 11) is -21.3. The van der Waals surface area contributed by atoms with Gasteiger partial charge in [-0.25, -0.2) is 9.13 Å². The van der Waals surface area contributed by atoms with Crippen LogP contribution in [0.15, 0.2) is 37.4 Å². The molecule has 0 aromatic carbocycles. The number of rotatable bonds is 8. The maximum atomic E-state index is 11.9. The van der Waals surface area contributed by atoms with E-state index in [0.717, 1.165) is 38.8 Å². The first kappa shape index (κ1) is 34.3. The first-order valence-electron chi connectivity index (χ1n) is 10.8. The molecular formula is C17H24F12N7OP2-. The fraction of sp³-hybridized carbons (Fsp3) is 0.471. The van der Waals surface area contributed by atoms with Crippen LogP contribution in [0.2, 0.25) is 0 Å². The Labute approximate surface area is 213 Å². The van der Waals surface area contributed by atoms with Crippen molar-refractivity contribution in [3.8, 4) is 17.9 Å². The van der Waals surface area contributed by atoms with Crippen LogP contribution in [-0.2, 0) is 13.1 Å². The zero-order valence-electron chi connectivity index (χ0n) is 20.2. The van der Waals surface area contributed by atoms with Crippen molar-refractivity contribution in [3.05, 3.63) is 37.4 Å². The van der Waals surface area contributed by atoms with E-state index in [4.69, 9.17) is 0 Å². The molecule has 0 fully saturated rings. The Kier molecular flexibility index (Phi) is 9.08. The molecule has 228 valence electrons. The number of halogens is 12. The van der Waals surface area contributed by atoms with Crippen LogP contribution in [0.5, 0.6) is 6.01 Å². The van der Waals surface area contributed by atoms with Crippen molar-refractivity contribution < 1.29 is 64.6 Å². The molecule has 0 aliphatic rings. The molecule has 0 aliphatic heterocycles. The van der Waals surface area contributed by atoms with Crippen LogP contribution >= 0.6 is 15.6 Å². The van der Waals surface area contributed by atoms with Gasteiger partial charge in [0, 0.05) is 0 Å². The molecule has 0 unspecified atom stereocenters. The summed E-state index contributed by atoms with van der Waals surface area (Å²) in [4.78, 5) is 12.3. The molecule has 3 heterocycles. The van der Waals surface area contributed by atoms with Gasteiger partial charge in [0.1, 0.15) is 24.8 Å². The number of aromatic nitrogens is 7. The van der Waals surface area contributed by atoms with Crippen LogP contribution in [0.25, 0.3) is 11.9 Å². The second kappa shape index (κ2) is 10.3. The molecule has 8 nitrogen and oxygen atoms in total. The molecular weight excluding hydrogens is 608 g/mol. The molecule has 39 heavy (non-hydrogen) atoms. The van der Waals surface area contributed by atoms with Gasteiger partial charge in [-0.2, -0.15) is 19.1 Å². The van der Waals surface area contributed by atoms with Crippen molar-refractivity contribution in [2.75, 3.05) is 0 Å². The van der Waals surface area contributed by atoms with Crippen LogP contribution in [0.1, 0.15) is 39.5 Å². The molecule has 0 atom stereocenters. The van der Waals surface area contributed by atoms with Gasteiger partial charge in [0.2, 0.25) is 0 Å². The van der Waals surface area contributed by atoms with E-state index >= 15 is 0 Å². The Morgan fingerprint density at radius 2 is 0.949 bits per heavy atom. The Bertz CT molecular complexity index is 1130. The van der Waals surface area contributed by atoms with Gasteiger partial charge in [0.25, 0.3) is 12.7 Å². The maximum absolute atomic E-state index is 11.9.